The Labute approximate surface area is 134 Å². The molecule has 0 amide bonds. The second-order valence-electron chi connectivity index (χ2n) is 5.25. The Bertz CT molecular complexity index is 542. The number of nitrogens with one attached hydrogen (secondary N) is 1. The van der Waals surface area contributed by atoms with Gasteiger partial charge in [0, 0.05) is 20.8 Å². The Hall–Kier alpha value is -0.640. The number of thiophene rings is 1. The molecule has 0 fully saturated rings. The van der Waals surface area contributed by atoms with Gasteiger partial charge < -0.3 is 5.32 Å². The van der Waals surface area contributed by atoms with Gasteiger partial charge in [-0.1, -0.05) is 25.1 Å². The monoisotopic (exact) mass is 351 g/mol. The molecule has 0 saturated heterocycles. The minimum atomic E-state index is 0.408. The lowest BCUT2D eigenvalue weighted by molar-refractivity contribution is 0.534. The quantitative estimate of drug-likeness (QED) is 0.733. The molecule has 1 aromatic heterocycles. The van der Waals surface area contributed by atoms with Gasteiger partial charge in [0.2, 0.25) is 0 Å². The highest BCUT2D eigenvalue weighted by molar-refractivity contribution is 9.10. The van der Waals surface area contributed by atoms with Crippen molar-refractivity contribution < 1.29 is 0 Å². The van der Waals surface area contributed by atoms with Gasteiger partial charge >= 0.3 is 0 Å². The van der Waals surface area contributed by atoms with E-state index in [2.05, 4.69) is 71.7 Å². The lowest BCUT2D eigenvalue weighted by atomic mass is 9.95. The number of hydrogen-bond acceptors (Lipinski definition) is 2. The molecule has 3 heteroatoms. The molecule has 0 aliphatic heterocycles. The van der Waals surface area contributed by atoms with Gasteiger partial charge in [0.15, 0.2) is 0 Å². The van der Waals surface area contributed by atoms with Crippen molar-refractivity contribution in [2.24, 2.45) is 0 Å². The average Bonchev–Trinajstić information content (AvgIpc) is 2.84. The fourth-order valence-corrected chi connectivity index (χ4v) is 4.00. The fourth-order valence-electron chi connectivity index (χ4n) is 2.48. The number of halogens is 1. The Kier molecular flexibility index (Phi) is 5.82. The molecule has 0 aliphatic rings. The lowest BCUT2D eigenvalue weighted by Gasteiger charge is -2.20. The molecule has 108 valence electrons. The zero-order valence-corrected chi connectivity index (χ0v) is 14.8. The summed E-state index contributed by atoms with van der Waals surface area (Å²) in [6.45, 7) is 7.70. The summed E-state index contributed by atoms with van der Waals surface area (Å²) in [4.78, 5) is 1.41. The summed E-state index contributed by atoms with van der Waals surface area (Å²) in [6.07, 6.45) is 2.22. The van der Waals surface area contributed by atoms with Crippen molar-refractivity contribution in [3.05, 3.63) is 55.7 Å². The van der Waals surface area contributed by atoms with Crippen LogP contribution in [-0.4, -0.2) is 6.54 Å². The van der Waals surface area contributed by atoms with Crippen LogP contribution in [-0.2, 0) is 6.42 Å². The summed E-state index contributed by atoms with van der Waals surface area (Å²) in [5.41, 5.74) is 4.26. The molecule has 0 saturated carbocycles. The summed E-state index contributed by atoms with van der Waals surface area (Å²) >= 11 is 5.40. The molecular weight excluding hydrogens is 330 g/mol. The number of aryl methyl sites for hydroxylation is 2. The fraction of sp³-hybridized carbons (Fsp3) is 0.412. The summed E-state index contributed by atoms with van der Waals surface area (Å²) in [5.74, 6) is 0. The first-order valence-corrected chi connectivity index (χ1v) is 8.81. The number of rotatable bonds is 6. The highest BCUT2D eigenvalue weighted by atomic mass is 79.9. The first-order valence-electron chi connectivity index (χ1n) is 7.14. The Morgan fingerprint density at radius 1 is 1.25 bits per heavy atom. The molecule has 0 bridgehead atoms. The summed E-state index contributed by atoms with van der Waals surface area (Å²) < 4.78 is 1.18. The van der Waals surface area contributed by atoms with Gasteiger partial charge in [0.1, 0.15) is 0 Å². The van der Waals surface area contributed by atoms with Crippen molar-refractivity contribution in [2.45, 2.75) is 39.7 Å². The van der Waals surface area contributed by atoms with Crippen molar-refractivity contribution >= 4 is 27.3 Å². The van der Waals surface area contributed by atoms with E-state index in [9.17, 15) is 0 Å². The standard InChI is InChI=1S/C17H22BrNS/c1-4-8-19-16(17-9-14(18)11-20-17)10-15-12(2)6-5-7-13(15)3/h5-7,9,11,16,19H,4,8,10H2,1-3H3. The van der Waals surface area contributed by atoms with Crippen molar-refractivity contribution in [2.75, 3.05) is 6.54 Å². The minimum Gasteiger partial charge on any atom is -0.309 e. The van der Waals surface area contributed by atoms with Crippen LogP contribution in [0.25, 0.3) is 0 Å². The zero-order valence-electron chi connectivity index (χ0n) is 12.4. The van der Waals surface area contributed by atoms with Gasteiger partial charge in [-0.2, -0.15) is 0 Å². The molecule has 0 aliphatic carbocycles. The Morgan fingerprint density at radius 2 is 1.95 bits per heavy atom. The van der Waals surface area contributed by atoms with Crippen molar-refractivity contribution in [3.8, 4) is 0 Å². The lowest BCUT2D eigenvalue weighted by Crippen LogP contribution is -2.24. The van der Waals surface area contributed by atoms with Crippen LogP contribution in [0.5, 0.6) is 0 Å². The molecule has 20 heavy (non-hydrogen) atoms. The molecule has 1 unspecified atom stereocenters. The zero-order chi connectivity index (χ0) is 14.5. The normalized spacial score (nSPS) is 12.6. The van der Waals surface area contributed by atoms with E-state index in [1.807, 2.05) is 11.3 Å². The molecule has 2 rings (SSSR count). The maximum atomic E-state index is 3.69. The summed E-state index contributed by atoms with van der Waals surface area (Å²) in [5, 5.41) is 5.86. The van der Waals surface area contributed by atoms with Gasteiger partial charge in [0.25, 0.3) is 0 Å². The molecule has 1 aromatic carbocycles. The van der Waals surface area contributed by atoms with E-state index in [0.717, 1.165) is 19.4 Å². The van der Waals surface area contributed by atoms with Crippen molar-refractivity contribution in [1.82, 2.24) is 5.32 Å². The van der Waals surface area contributed by atoms with E-state index < -0.39 is 0 Å². The van der Waals surface area contributed by atoms with Crippen LogP contribution in [0.3, 0.4) is 0 Å². The summed E-state index contributed by atoms with van der Waals surface area (Å²) in [6, 6.07) is 9.22. The van der Waals surface area contributed by atoms with E-state index in [0.29, 0.717) is 6.04 Å². The largest absolute Gasteiger partial charge is 0.309 e. The van der Waals surface area contributed by atoms with Crippen LogP contribution in [0.4, 0.5) is 0 Å². The molecule has 0 spiro atoms. The SMILES string of the molecule is CCCNC(Cc1c(C)cccc1C)c1cc(Br)cs1. The van der Waals surface area contributed by atoms with Gasteiger partial charge in [-0.3, -0.25) is 0 Å². The van der Waals surface area contributed by atoms with Crippen LogP contribution < -0.4 is 5.32 Å². The first-order chi connectivity index (χ1) is 9.61. The van der Waals surface area contributed by atoms with E-state index in [4.69, 9.17) is 0 Å². The van der Waals surface area contributed by atoms with Crippen molar-refractivity contribution in [3.63, 3.8) is 0 Å². The molecule has 1 N–H and O–H groups in total. The number of benzene rings is 1. The Balaban J connectivity index is 2.23. The van der Waals surface area contributed by atoms with Crippen LogP contribution in [0.2, 0.25) is 0 Å². The molecule has 0 radical (unpaired) electrons. The summed E-state index contributed by atoms with van der Waals surface area (Å²) in [7, 11) is 0. The van der Waals surface area contributed by atoms with Gasteiger partial charge in [0.05, 0.1) is 0 Å². The van der Waals surface area contributed by atoms with Gasteiger partial charge in [-0.15, -0.1) is 11.3 Å². The predicted molar refractivity (Wildman–Crippen MR) is 92.7 cm³/mol. The first kappa shape index (κ1) is 15.7. The Morgan fingerprint density at radius 3 is 2.50 bits per heavy atom. The van der Waals surface area contributed by atoms with Gasteiger partial charge in [-0.05, 0) is 71.9 Å². The average molecular weight is 352 g/mol. The van der Waals surface area contributed by atoms with E-state index in [1.54, 1.807) is 0 Å². The van der Waals surface area contributed by atoms with Crippen molar-refractivity contribution in [1.29, 1.82) is 0 Å². The van der Waals surface area contributed by atoms with E-state index >= 15 is 0 Å². The third kappa shape index (κ3) is 3.94. The van der Waals surface area contributed by atoms with Crippen LogP contribution >= 0.6 is 27.3 Å². The van der Waals surface area contributed by atoms with E-state index in [-0.39, 0.29) is 0 Å². The molecule has 1 nitrogen and oxygen atoms in total. The van der Waals surface area contributed by atoms with E-state index in [1.165, 1.54) is 26.0 Å². The molecule has 1 heterocycles. The van der Waals surface area contributed by atoms with Crippen LogP contribution in [0.1, 0.15) is 41.0 Å². The predicted octanol–water partition coefficient (Wildman–Crippen LogP) is 5.41. The van der Waals surface area contributed by atoms with Crippen LogP contribution in [0, 0.1) is 13.8 Å². The smallest absolute Gasteiger partial charge is 0.0456 e. The topological polar surface area (TPSA) is 12.0 Å². The third-order valence-electron chi connectivity index (χ3n) is 3.62. The molecule has 2 aromatic rings. The second kappa shape index (κ2) is 7.39. The number of hydrogen-bond donors (Lipinski definition) is 1. The van der Waals surface area contributed by atoms with Gasteiger partial charge in [-0.25, -0.2) is 0 Å². The maximum absolute atomic E-state index is 3.69. The van der Waals surface area contributed by atoms with Crippen LogP contribution in [0.15, 0.2) is 34.1 Å². The minimum absolute atomic E-state index is 0.408. The second-order valence-corrected chi connectivity index (χ2v) is 7.11. The highest BCUT2D eigenvalue weighted by Gasteiger charge is 2.16. The maximum Gasteiger partial charge on any atom is 0.0456 e. The highest BCUT2D eigenvalue weighted by Crippen LogP contribution is 2.29. The molecule has 1 atom stereocenters. The third-order valence-corrected chi connectivity index (χ3v) is 5.43. The molecular formula is C17H22BrNS.